The van der Waals surface area contributed by atoms with Crippen molar-refractivity contribution < 1.29 is 33.0 Å². The van der Waals surface area contributed by atoms with Crippen LogP contribution in [-0.4, -0.2) is 22.2 Å². The fraction of sp³-hybridized carbons (Fsp3) is 0.273. The third kappa shape index (κ3) is 3.22. The van der Waals surface area contributed by atoms with Crippen LogP contribution in [0.25, 0.3) is 0 Å². The van der Waals surface area contributed by atoms with Crippen LogP contribution in [0.4, 0.5) is 13.2 Å². The van der Waals surface area contributed by atoms with Gasteiger partial charge in [-0.25, -0.2) is 18.0 Å². The fourth-order valence-corrected chi connectivity index (χ4v) is 1.51. The van der Waals surface area contributed by atoms with Gasteiger partial charge in [-0.1, -0.05) is 0 Å². The zero-order valence-electron chi connectivity index (χ0n) is 9.49. The normalized spacial score (nSPS) is 12.2. The molecule has 0 aliphatic rings. The van der Waals surface area contributed by atoms with Crippen molar-refractivity contribution in [3.63, 3.8) is 0 Å². The summed E-state index contributed by atoms with van der Waals surface area (Å²) < 4.78 is 40.3. The van der Waals surface area contributed by atoms with Crippen molar-refractivity contribution in [3.05, 3.63) is 34.6 Å². The fourth-order valence-electron chi connectivity index (χ4n) is 1.51. The van der Waals surface area contributed by atoms with Gasteiger partial charge in [-0.05, 0) is 12.5 Å². The number of rotatable bonds is 5. The molecule has 19 heavy (non-hydrogen) atoms. The zero-order chi connectivity index (χ0) is 14.7. The van der Waals surface area contributed by atoms with E-state index in [1.807, 2.05) is 0 Å². The minimum Gasteiger partial charge on any atom is -0.481 e. The van der Waals surface area contributed by atoms with Crippen molar-refractivity contribution in [2.24, 2.45) is 5.73 Å². The van der Waals surface area contributed by atoms with Crippen LogP contribution in [0.3, 0.4) is 0 Å². The summed E-state index contributed by atoms with van der Waals surface area (Å²) in [5, 5.41) is 17.0. The van der Waals surface area contributed by atoms with Crippen LogP contribution in [0, 0.1) is 17.5 Å². The summed E-state index contributed by atoms with van der Waals surface area (Å²) >= 11 is 0. The highest BCUT2D eigenvalue weighted by Crippen LogP contribution is 2.26. The molecule has 5 nitrogen and oxygen atoms in total. The summed E-state index contributed by atoms with van der Waals surface area (Å²) in [6.07, 6.45) is -0.651. The number of aliphatic carboxylic acids is 1. The number of hydrogen-bond donors (Lipinski definition) is 3. The lowest BCUT2D eigenvalue weighted by molar-refractivity contribution is -0.137. The van der Waals surface area contributed by atoms with Gasteiger partial charge in [0.2, 0.25) is 0 Å². The molecule has 1 unspecified atom stereocenters. The zero-order valence-corrected chi connectivity index (χ0v) is 9.49. The SMILES string of the molecule is NC(CCC(=O)O)c1cc(F)c(C(=O)O)c(F)c1F. The van der Waals surface area contributed by atoms with Crippen molar-refractivity contribution in [1.29, 1.82) is 0 Å². The lowest BCUT2D eigenvalue weighted by Gasteiger charge is -2.13. The second kappa shape index (κ2) is 5.70. The Morgan fingerprint density at radius 2 is 1.79 bits per heavy atom. The average Bonchev–Trinajstić information content (AvgIpc) is 2.30. The largest absolute Gasteiger partial charge is 0.481 e. The average molecular weight is 277 g/mol. The predicted octanol–water partition coefficient (Wildman–Crippen LogP) is 1.67. The number of carbonyl (C=O) groups is 2. The monoisotopic (exact) mass is 277 g/mol. The topological polar surface area (TPSA) is 101 Å². The third-order valence-corrected chi connectivity index (χ3v) is 2.47. The summed E-state index contributed by atoms with van der Waals surface area (Å²) in [6.45, 7) is 0. The number of halogens is 3. The van der Waals surface area contributed by atoms with E-state index >= 15 is 0 Å². The van der Waals surface area contributed by atoms with Crippen molar-refractivity contribution in [2.45, 2.75) is 18.9 Å². The first-order chi connectivity index (χ1) is 8.75. The highest BCUT2D eigenvalue weighted by Gasteiger charge is 2.26. The second-order valence-electron chi connectivity index (χ2n) is 3.79. The highest BCUT2D eigenvalue weighted by molar-refractivity contribution is 5.88. The molecular formula is C11H10F3NO4. The van der Waals surface area contributed by atoms with Gasteiger partial charge in [-0.15, -0.1) is 0 Å². The standard InChI is InChI=1S/C11H10F3NO4/c12-5-3-4(6(15)1-2-7(16)17)9(13)10(14)8(5)11(18)19/h3,6H,1-2,15H2,(H,16,17)(H,18,19). The Morgan fingerprint density at radius 1 is 1.21 bits per heavy atom. The molecule has 1 atom stereocenters. The quantitative estimate of drug-likeness (QED) is 0.711. The van der Waals surface area contributed by atoms with Crippen LogP contribution in [-0.2, 0) is 4.79 Å². The molecule has 104 valence electrons. The molecule has 8 heteroatoms. The van der Waals surface area contributed by atoms with Gasteiger partial charge in [-0.2, -0.15) is 0 Å². The molecule has 1 aromatic rings. The molecule has 1 aromatic carbocycles. The van der Waals surface area contributed by atoms with Crippen LogP contribution in [0.1, 0.15) is 34.8 Å². The Kier molecular flexibility index (Phi) is 4.49. The number of nitrogens with two attached hydrogens (primary N) is 1. The van der Waals surface area contributed by atoms with Crippen LogP contribution >= 0.6 is 0 Å². The Balaban J connectivity index is 3.17. The molecule has 0 radical (unpaired) electrons. The molecule has 0 saturated carbocycles. The lowest BCUT2D eigenvalue weighted by atomic mass is 9.99. The first-order valence-corrected chi connectivity index (χ1v) is 5.13. The maximum atomic E-state index is 13.5. The Hall–Kier alpha value is -2.09. The number of carboxylic acid groups (broad SMARTS) is 2. The van der Waals surface area contributed by atoms with E-state index in [1.165, 1.54) is 0 Å². The molecule has 0 saturated heterocycles. The highest BCUT2D eigenvalue weighted by atomic mass is 19.2. The lowest BCUT2D eigenvalue weighted by Crippen LogP contribution is -2.17. The maximum Gasteiger partial charge on any atom is 0.341 e. The summed E-state index contributed by atoms with van der Waals surface area (Å²) in [7, 11) is 0. The smallest absolute Gasteiger partial charge is 0.341 e. The van der Waals surface area contributed by atoms with E-state index in [9.17, 15) is 22.8 Å². The second-order valence-corrected chi connectivity index (χ2v) is 3.79. The molecule has 0 fully saturated rings. The van der Waals surface area contributed by atoms with Crippen LogP contribution in [0.2, 0.25) is 0 Å². The van der Waals surface area contributed by atoms with E-state index in [-0.39, 0.29) is 6.42 Å². The third-order valence-electron chi connectivity index (χ3n) is 2.47. The van der Waals surface area contributed by atoms with E-state index < -0.39 is 53.0 Å². The Bertz CT molecular complexity index is 533. The van der Waals surface area contributed by atoms with Crippen molar-refractivity contribution in [1.82, 2.24) is 0 Å². The van der Waals surface area contributed by atoms with Gasteiger partial charge in [0.05, 0.1) is 0 Å². The summed E-state index contributed by atoms with van der Waals surface area (Å²) in [5.74, 6) is -8.05. The van der Waals surface area contributed by atoms with Crippen LogP contribution < -0.4 is 5.73 Å². The van der Waals surface area contributed by atoms with Gasteiger partial charge in [0, 0.05) is 18.0 Å². The van der Waals surface area contributed by atoms with Crippen LogP contribution in [0.15, 0.2) is 6.07 Å². The predicted molar refractivity (Wildman–Crippen MR) is 57.1 cm³/mol. The molecule has 0 amide bonds. The van der Waals surface area contributed by atoms with Gasteiger partial charge < -0.3 is 15.9 Å². The minimum atomic E-state index is -1.94. The molecule has 0 aliphatic heterocycles. The van der Waals surface area contributed by atoms with Crippen molar-refractivity contribution >= 4 is 11.9 Å². The van der Waals surface area contributed by atoms with E-state index in [0.29, 0.717) is 6.07 Å². The maximum absolute atomic E-state index is 13.5. The van der Waals surface area contributed by atoms with Gasteiger partial charge in [0.1, 0.15) is 11.4 Å². The van der Waals surface area contributed by atoms with Crippen molar-refractivity contribution in [2.75, 3.05) is 0 Å². The first-order valence-electron chi connectivity index (χ1n) is 5.13. The van der Waals surface area contributed by atoms with E-state index in [2.05, 4.69) is 0 Å². The molecular weight excluding hydrogens is 267 g/mol. The van der Waals surface area contributed by atoms with Gasteiger partial charge in [0.25, 0.3) is 0 Å². The minimum absolute atomic E-state index is 0.239. The Morgan fingerprint density at radius 3 is 2.26 bits per heavy atom. The Labute approximate surface area is 105 Å². The number of carboxylic acids is 2. The molecule has 0 bridgehead atoms. The number of hydrogen-bond acceptors (Lipinski definition) is 3. The molecule has 0 aliphatic carbocycles. The molecule has 4 N–H and O–H groups in total. The van der Waals surface area contributed by atoms with E-state index in [0.717, 1.165) is 0 Å². The molecule has 1 rings (SSSR count). The molecule has 0 aromatic heterocycles. The number of aromatic carboxylic acids is 1. The number of benzene rings is 1. The summed E-state index contributed by atoms with van der Waals surface area (Å²) in [5.41, 5.74) is 3.42. The molecule has 0 heterocycles. The van der Waals surface area contributed by atoms with E-state index in [1.54, 1.807) is 0 Å². The van der Waals surface area contributed by atoms with Crippen molar-refractivity contribution in [3.8, 4) is 0 Å². The molecule has 0 spiro atoms. The van der Waals surface area contributed by atoms with E-state index in [4.69, 9.17) is 15.9 Å². The first kappa shape index (κ1) is 15.0. The van der Waals surface area contributed by atoms with Gasteiger partial charge in [0.15, 0.2) is 11.6 Å². The van der Waals surface area contributed by atoms with Gasteiger partial charge in [-0.3, -0.25) is 4.79 Å². The summed E-state index contributed by atoms with van der Waals surface area (Å²) in [6, 6.07) is -0.781. The van der Waals surface area contributed by atoms with Crippen LogP contribution in [0.5, 0.6) is 0 Å². The van der Waals surface area contributed by atoms with Gasteiger partial charge >= 0.3 is 11.9 Å². The summed E-state index contributed by atoms with van der Waals surface area (Å²) in [4.78, 5) is 20.9.